The van der Waals surface area contributed by atoms with Gasteiger partial charge in [0.05, 0.1) is 6.33 Å². The normalized spacial score (nSPS) is 19.6. The number of nitrogens with zero attached hydrogens (tertiary/aromatic N) is 4. The molecule has 0 aromatic carbocycles. The number of imidazole rings is 1. The fourth-order valence-corrected chi connectivity index (χ4v) is 2.93. The van der Waals surface area contributed by atoms with Gasteiger partial charge in [0, 0.05) is 13.1 Å². The lowest BCUT2D eigenvalue weighted by atomic mass is 10.1. The van der Waals surface area contributed by atoms with E-state index in [-0.39, 0.29) is 11.5 Å². The van der Waals surface area contributed by atoms with Gasteiger partial charge in [-0.3, -0.25) is 0 Å². The zero-order chi connectivity index (χ0) is 16.4. The molecule has 2 N–H and O–H groups in total. The molecule has 0 radical (unpaired) electrons. The van der Waals surface area contributed by atoms with Gasteiger partial charge in [-0.15, -0.1) is 0 Å². The van der Waals surface area contributed by atoms with Crippen molar-refractivity contribution < 1.29 is 13.2 Å². The maximum absolute atomic E-state index is 12.9. The number of rotatable bonds is 5. The molecule has 3 rings (SSSR count). The third-order valence-corrected chi connectivity index (χ3v) is 4.01. The molecule has 1 unspecified atom stereocenters. The van der Waals surface area contributed by atoms with Crippen molar-refractivity contribution in [1.82, 2.24) is 24.8 Å². The van der Waals surface area contributed by atoms with Gasteiger partial charge >= 0.3 is 6.18 Å². The second-order valence-corrected chi connectivity index (χ2v) is 5.83. The highest BCUT2D eigenvalue weighted by Gasteiger charge is 2.36. The van der Waals surface area contributed by atoms with E-state index in [4.69, 9.17) is 0 Å². The van der Waals surface area contributed by atoms with E-state index in [0.29, 0.717) is 18.0 Å². The van der Waals surface area contributed by atoms with Gasteiger partial charge < -0.3 is 15.2 Å². The second kappa shape index (κ2) is 6.31. The molecule has 0 bridgehead atoms. The molecule has 1 fully saturated rings. The van der Waals surface area contributed by atoms with Crippen molar-refractivity contribution in [3.8, 4) is 0 Å². The molecule has 126 valence electrons. The topological polar surface area (TPSA) is 69.7 Å². The molecule has 2 aromatic rings. The average Bonchev–Trinajstić information content (AvgIpc) is 3.12. The molecule has 3 heterocycles. The van der Waals surface area contributed by atoms with Crippen molar-refractivity contribution in [3.63, 3.8) is 0 Å². The van der Waals surface area contributed by atoms with Crippen LogP contribution in [0.15, 0.2) is 6.33 Å². The van der Waals surface area contributed by atoms with E-state index in [0.717, 1.165) is 32.5 Å². The Morgan fingerprint density at radius 2 is 2.22 bits per heavy atom. The first-order valence-electron chi connectivity index (χ1n) is 7.72. The van der Waals surface area contributed by atoms with Crippen molar-refractivity contribution in [3.05, 3.63) is 12.2 Å². The Bertz CT molecular complexity index is 668. The Hall–Kier alpha value is -1.90. The number of fused-ring (bicyclic) bond motifs is 1. The number of aromatic nitrogens is 4. The molecule has 23 heavy (non-hydrogen) atoms. The number of anilines is 1. The van der Waals surface area contributed by atoms with Gasteiger partial charge in [-0.1, -0.05) is 6.92 Å². The van der Waals surface area contributed by atoms with Crippen LogP contribution < -0.4 is 5.32 Å². The van der Waals surface area contributed by atoms with Gasteiger partial charge in [0.15, 0.2) is 11.5 Å². The molecule has 6 nitrogen and oxygen atoms in total. The Labute approximate surface area is 131 Å². The van der Waals surface area contributed by atoms with Crippen molar-refractivity contribution in [2.75, 3.05) is 31.5 Å². The number of nitrogens with one attached hydrogen (secondary N) is 2. The fourth-order valence-electron chi connectivity index (χ4n) is 2.93. The predicted octanol–water partition coefficient (Wildman–Crippen LogP) is 2.52. The van der Waals surface area contributed by atoms with Gasteiger partial charge in [-0.05, 0) is 31.8 Å². The zero-order valence-electron chi connectivity index (χ0n) is 12.8. The first-order valence-corrected chi connectivity index (χ1v) is 7.72. The molecular formula is C14H19F3N6. The van der Waals surface area contributed by atoms with Crippen LogP contribution >= 0.6 is 0 Å². The molecule has 1 aliphatic rings. The molecular weight excluding hydrogens is 309 g/mol. The van der Waals surface area contributed by atoms with Gasteiger partial charge in [-0.25, -0.2) is 15.0 Å². The molecule has 2 aromatic heterocycles. The summed E-state index contributed by atoms with van der Waals surface area (Å²) in [6, 6.07) is 0. The first kappa shape index (κ1) is 16.0. The molecule has 0 aliphatic carbocycles. The van der Waals surface area contributed by atoms with E-state index in [1.165, 1.54) is 6.33 Å². The zero-order valence-corrected chi connectivity index (χ0v) is 12.8. The molecule has 0 spiro atoms. The van der Waals surface area contributed by atoms with Crippen molar-refractivity contribution in [2.45, 2.75) is 25.9 Å². The van der Waals surface area contributed by atoms with Crippen LogP contribution in [0.25, 0.3) is 11.2 Å². The molecule has 9 heteroatoms. The Morgan fingerprint density at radius 3 is 2.96 bits per heavy atom. The van der Waals surface area contributed by atoms with E-state index >= 15 is 0 Å². The minimum absolute atomic E-state index is 0.0221. The van der Waals surface area contributed by atoms with Crippen LogP contribution in [0.2, 0.25) is 0 Å². The number of alkyl halides is 3. The van der Waals surface area contributed by atoms with Crippen LogP contribution in [0.5, 0.6) is 0 Å². The lowest BCUT2D eigenvalue weighted by molar-refractivity contribution is -0.144. The van der Waals surface area contributed by atoms with E-state index in [1.807, 2.05) is 0 Å². The smallest absolute Gasteiger partial charge is 0.368 e. The lowest BCUT2D eigenvalue weighted by Gasteiger charge is -2.15. The fraction of sp³-hybridized carbons (Fsp3) is 0.643. The number of halogens is 3. The number of H-pyrrole nitrogens is 1. The summed E-state index contributed by atoms with van der Waals surface area (Å²) < 4.78 is 38.6. The van der Waals surface area contributed by atoms with E-state index in [2.05, 4.69) is 37.1 Å². The van der Waals surface area contributed by atoms with E-state index in [9.17, 15) is 13.2 Å². The molecule has 0 amide bonds. The number of likely N-dealkylation sites (tertiary alicyclic amines) is 1. The van der Waals surface area contributed by atoms with Gasteiger partial charge in [0.2, 0.25) is 5.82 Å². The highest BCUT2D eigenvalue weighted by atomic mass is 19.4. The van der Waals surface area contributed by atoms with Crippen LogP contribution in [-0.2, 0) is 6.18 Å². The number of aromatic amines is 1. The van der Waals surface area contributed by atoms with Crippen LogP contribution in [0.3, 0.4) is 0 Å². The largest absolute Gasteiger partial charge is 0.451 e. The summed E-state index contributed by atoms with van der Waals surface area (Å²) in [6.07, 6.45) is -1.12. The summed E-state index contributed by atoms with van der Waals surface area (Å²) in [5, 5.41) is 3.04. The molecule has 1 atom stereocenters. The quantitative estimate of drug-likeness (QED) is 0.882. The van der Waals surface area contributed by atoms with Gasteiger partial charge in [0.25, 0.3) is 0 Å². The Kier molecular flexibility index (Phi) is 4.38. The maximum atomic E-state index is 12.9. The Morgan fingerprint density at radius 1 is 1.39 bits per heavy atom. The van der Waals surface area contributed by atoms with E-state index in [1.54, 1.807) is 0 Å². The standard InChI is InChI=1S/C14H19F3N6/c1-2-4-23-5-3-9(7-23)6-18-11-10-12(20-8-19-10)22-13(21-11)14(15,16)17/h8-9H,2-7H2,1H3,(H2,18,19,20,21,22). The molecule has 1 saturated heterocycles. The van der Waals surface area contributed by atoms with Gasteiger partial charge in [0.1, 0.15) is 5.52 Å². The third kappa shape index (κ3) is 3.54. The predicted molar refractivity (Wildman–Crippen MR) is 80.0 cm³/mol. The highest BCUT2D eigenvalue weighted by Crippen LogP contribution is 2.29. The summed E-state index contributed by atoms with van der Waals surface area (Å²) in [4.78, 5) is 16.1. The first-order chi connectivity index (χ1) is 11.0. The number of hydrogen-bond acceptors (Lipinski definition) is 5. The SMILES string of the molecule is CCCN1CCC(CNc2nc(C(F)(F)F)nc3nc[nH]c23)C1. The van der Waals surface area contributed by atoms with Crippen LogP contribution in [-0.4, -0.2) is 51.0 Å². The summed E-state index contributed by atoms with van der Waals surface area (Å²) in [6.45, 7) is 5.79. The third-order valence-electron chi connectivity index (χ3n) is 4.01. The second-order valence-electron chi connectivity index (χ2n) is 5.83. The van der Waals surface area contributed by atoms with Gasteiger partial charge in [-0.2, -0.15) is 13.2 Å². The van der Waals surface area contributed by atoms with Crippen molar-refractivity contribution in [1.29, 1.82) is 0 Å². The van der Waals surface area contributed by atoms with Crippen molar-refractivity contribution in [2.24, 2.45) is 5.92 Å². The maximum Gasteiger partial charge on any atom is 0.451 e. The highest BCUT2D eigenvalue weighted by molar-refractivity contribution is 5.82. The van der Waals surface area contributed by atoms with E-state index < -0.39 is 12.0 Å². The summed E-state index contributed by atoms with van der Waals surface area (Å²) in [5.41, 5.74) is 0.426. The summed E-state index contributed by atoms with van der Waals surface area (Å²) in [7, 11) is 0. The minimum Gasteiger partial charge on any atom is -0.368 e. The molecule has 1 aliphatic heterocycles. The molecule has 0 saturated carbocycles. The minimum atomic E-state index is -4.59. The lowest BCUT2D eigenvalue weighted by Crippen LogP contribution is -2.24. The average molecular weight is 328 g/mol. The van der Waals surface area contributed by atoms with Crippen LogP contribution in [0.4, 0.5) is 19.0 Å². The van der Waals surface area contributed by atoms with Crippen LogP contribution in [0, 0.1) is 5.92 Å². The summed E-state index contributed by atoms with van der Waals surface area (Å²) in [5.74, 6) is -0.601. The monoisotopic (exact) mass is 328 g/mol. The Balaban J connectivity index is 1.73. The van der Waals surface area contributed by atoms with Crippen molar-refractivity contribution >= 4 is 17.0 Å². The number of hydrogen-bond donors (Lipinski definition) is 2. The van der Waals surface area contributed by atoms with Crippen LogP contribution in [0.1, 0.15) is 25.6 Å². The summed E-state index contributed by atoms with van der Waals surface area (Å²) >= 11 is 0.